The number of furan rings is 1. The molecule has 0 spiro atoms. The fourth-order valence-electron chi connectivity index (χ4n) is 1.51. The summed E-state index contributed by atoms with van der Waals surface area (Å²) in [6.07, 6.45) is 1.72. The summed E-state index contributed by atoms with van der Waals surface area (Å²) in [5, 5.41) is 4.10. The van der Waals surface area contributed by atoms with Crippen LogP contribution in [0.1, 0.15) is 16.9 Å². The molecule has 0 radical (unpaired) electrons. The number of aryl methyl sites for hydroxylation is 1. The SMILES string of the molecule is Cc1ccoc1CNCc1ccc(Cl)cc1. The van der Waals surface area contributed by atoms with E-state index in [-0.39, 0.29) is 0 Å². The van der Waals surface area contributed by atoms with Gasteiger partial charge in [-0.3, -0.25) is 0 Å². The molecule has 1 heterocycles. The lowest BCUT2D eigenvalue weighted by Crippen LogP contribution is -2.12. The lowest BCUT2D eigenvalue weighted by atomic mass is 10.2. The van der Waals surface area contributed by atoms with Crippen molar-refractivity contribution >= 4 is 11.6 Å². The summed E-state index contributed by atoms with van der Waals surface area (Å²) in [6.45, 7) is 3.61. The Kier molecular flexibility index (Phi) is 3.65. The van der Waals surface area contributed by atoms with Gasteiger partial charge in [0.25, 0.3) is 0 Å². The summed E-state index contributed by atoms with van der Waals surface area (Å²) in [6, 6.07) is 9.81. The van der Waals surface area contributed by atoms with Gasteiger partial charge in [0.2, 0.25) is 0 Å². The molecule has 16 heavy (non-hydrogen) atoms. The molecule has 1 aromatic carbocycles. The Morgan fingerprint density at radius 1 is 1.12 bits per heavy atom. The van der Waals surface area contributed by atoms with Gasteiger partial charge < -0.3 is 9.73 Å². The fraction of sp³-hybridized carbons (Fsp3) is 0.231. The van der Waals surface area contributed by atoms with E-state index in [1.54, 1.807) is 6.26 Å². The van der Waals surface area contributed by atoms with E-state index in [0.29, 0.717) is 0 Å². The Bertz CT molecular complexity index is 447. The van der Waals surface area contributed by atoms with Crippen LogP contribution in [0.3, 0.4) is 0 Å². The Morgan fingerprint density at radius 3 is 2.50 bits per heavy atom. The first kappa shape index (κ1) is 11.2. The monoisotopic (exact) mass is 235 g/mol. The van der Waals surface area contributed by atoms with Gasteiger partial charge in [0, 0.05) is 11.6 Å². The van der Waals surface area contributed by atoms with Crippen LogP contribution >= 0.6 is 11.6 Å². The Labute approximate surface area is 100 Å². The van der Waals surface area contributed by atoms with Gasteiger partial charge in [0.15, 0.2) is 0 Å². The van der Waals surface area contributed by atoms with Gasteiger partial charge >= 0.3 is 0 Å². The number of benzene rings is 1. The maximum absolute atomic E-state index is 5.81. The van der Waals surface area contributed by atoms with Crippen molar-refractivity contribution in [3.05, 3.63) is 58.5 Å². The van der Waals surface area contributed by atoms with Gasteiger partial charge in [-0.05, 0) is 36.2 Å². The first-order chi connectivity index (χ1) is 7.75. The van der Waals surface area contributed by atoms with Crippen molar-refractivity contribution < 1.29 is 4.42 Å². The average Bonchev–Trinajstić information content (AvgIpc) is 2.68. The first-order valence-corrected chi connectivity index (χ1v) is 5.61. The molecule has 2 rings (SSSR count). The second-order valence-electron chi connectivity index (χ2n) is 3.76. The summed E-state index contributed by atoms with van der Waals surface area (Å²) in [7, 11) is 0. The van der Waals surface area contributed by atoms with Crippen LogP contribution in [0.15, 0.2) is 41.0 Å². The van der Waals surface area contributed by atoms with Crippen molar-refractivity contribution in [2.75, 3.05) is 0 Å². The molecule has 0 bridgehead atoms. The molecule has 84 valence electrons. The quantitative estimate of drug-likeness (QED) is 0.877. The van der Waals surface area contributed by atoms with Crippen LogP contribution in [-0.2, 0) is 13.1 Å². The number of nitrogens with one attached hydrogen (secondary N) is 1. The zero-order valence-corrected chi connectivity index (χ0v) is 9.92. The summed E-state index contributed by atoms with van der Waals surface area (Å²) in [5.74, 6) is 0.994. The van der Waals surface area contributed by atoms with Crippen molar-refractivity contribution in [3.63, 3.8) is 0 Å². The van der Waals surface area contributed by atoms with Crippen LogP contribution in [-0.4, -0.2) is 0 Å². The minimum Gasteiger partial charge on any atom is -0.468 e. The Balaban J connectivity index is 1.84. The van der Waals surface area contributed by atoms with Crippen molar-refractivity contribution in [3.8, 4) is 0 Å². The molecule has 1 aromatic heterocycles. The Hall–Kier alpha value is -1.25. The molecule has 0 aliphatic heterocycles. The molecule has 3 heteroatoms. The van der Waals surface area contributed by atoms with Crippen molar-refractivity contribution in [2.24, 2.45) is 0 Å². The lowest BCUT2D eigenvalue weighted by molar-refractivity contribution is 0.480. The van der Waals surface area contributed by atoms with Gasteiger partial charge in [0.05, 0.1) is 12.8 Å². The maximum atomic E-state index is 5.81. The largest absolute Gasteiger partial charge is 0.468 e. The van der Waals surface area contributed by atoms with E-state index in [1.165, 1.54) is 11.1 Å². The van der Waals surface area contributed by atoms with Crippen LogP contribution in [0.5, 0.6) is 0 Å². The second-order valence-corrected chi connectivity index (χ2v) is 4.19. The predicted octanol–water partition coefficient (Wildman–Crippen LogP) is 3.53. The van der Waals surface area contributed by atoms with Crippen molar-refractivity contribution in [1.29, 1.82) is 0 Å². The van der Waals surface area contributed by atoms with Gasteiger partial charge in [-0.15, -0.1) is 0 Å². The van der Waals surface area contributed by atoms with Crippen LogP contribution in [0, 0.1) is 6.92 Å². The molecule has 2 nitrogen and oxygen atoms in total. The average molecular weight is 236 g/mol. The Morgan fingerprint density at radius 2 is 1.88 bits per heavy atom. The maximum Gasteiger partial charge on any atom is 0.120 e. The summed E-state index contributed by atoms with van der Waals surface area (Å²) >= 11 is 5.81. The van der Waals surface area contributed by atoms with E-state index < -0.39 is 0 Å². The molecule has 2 aromatic rings. The van der Waals surface area contributed by atoms with Crippen LogP contribution in [0.2, 0.25) is 5.02 Å². The highest BCUT2D eigenvalue weighted by Gasteiger charge is 2.00. The van der Waals surface area contributed by atoms with Crippen LogP contribution in [0.4, 0.5) is 0 Å². The molecule has 0 unspecified atom stereocenters. The van der Waals surface area contributed by atoms with Gasteiger partial charge in [-0.2, -0.15) is 0 Å². The smallest absolute Gasteiger partial charge is 0.120 e. The highest BCUT2D eigenvalue weighted by atomic mass is 35.5. The molecule has 0 amide bonds. The van der Waals surface area contributed by atoms with Crippen LogP contribution < -0.4 is 5.32 Å². The van der Waals surface area contributed by atoms with E-state index in [1.807, 2.05) is 37.3 Å². The molecule has 1 N–H and O–H groups in total. The fourth-order valence-corrected chi connectivity index (χ4v) is 1.63. The summed E-state index contributed by atoms with van der Waals surface area (Å²) in [5.41, 5.74) is 2.40. The molecule has 0 fully saturated rings. The minimum atomic E-state index is 0.751. The lowest BCUT2D eigenvalue weighted by Gasteiger charge is -2.03. The van der Waals surface area contributed by atoms with E-state index in [4.69, 9.17) is 16.0 Å². The molecular weight excluding hydrogens is 222 g/mol. The predicted molar refractivity (Wildman–Crippen MR) is 65.4 cm³/mol. The standard InChI is InChI=1S/C13H14ClNO/c1-10-6-7-16-13(10)9-15-8-11-2-4-12(14)5-3-11/h2-7,15H,8-9H2,1H3. The number of hydrogen-bond donors (Lipinski definition) is 1. The molecule has 0 saturated carbocycles. The third kappa shape index (κ3) is 2.87. The van der Waals surface area contributed by atoms with Gasteiger partial charge in [-0.1, -0.05) is 23.7 Å². The number of halogens is 1. The highest BCUT2D eigenvalue weighted by Crippen LogP contribution is 2.10. The molecule has 0 aliphatic carbocycles. The topological polar surface area (TPSA) is 25.2 Å². The number of rotatable bonds is 4. The first-order valence-electron chi connectivity index (χ1n) is 5.24. The van der Waals surface area contributed by atoms with Gasteiger partial charge in [-0.25, -0.2) is 0 Å². The summed E-state index contributed by atoms with van der Waals surface area (Å²) < 4.78 is 5.34. The molecule has 0 aliphatic rings. The van der Waals surface area contributed by atoms with Crippen LogP contribution in [0.25, 0.3) is 0 Å². The number of hydrogen-bond acceptors (Lipinski definition) is 2. The third-order valence-electron chi connectivity index (χ3n) is 2.50. The normalized spacial score (nSPS) is 10.6. The third-order valence-corrected chi connectivity index (χ3v) is 2.75. The van der Waals surface area contributed by atoms with Crippen molar-refractivity contribution in [2.45, 2.75) is 20.0 Å². The second kappa shape index (κ2) is 5.19. The minimum absolute atomic E-state index is 0.751. The zero-order chi connectivity index (χ0) is 11.4. The molecule has 0 atom stereocenters. The van der Waals surface area contributed by atoms with E-state index in [0.717, 1.165) is 23.9 Å². The summed E-state index contributed by atoms with van der Waals surface area (Å²) in [4.78, 5) is 0. The van der Waals surface area contributed by atoms with Crippen molar-refractivity contribution in [1.82, 2.24) is 5.32 Å². The molecule has 0 saturated heterocycles. The molecular formula is C13H14ClNO. The van der Waals surface area contributed by atoms with E-state index in [2.05, 4.69) is 5.32 Å². The van der Waals surface area contributed by atoms with Gasteiger partial charge in [0.1, 0.15) is 5.76 Å². The highest BCUT2D eigenvalue weighted by molar-refractivity contribution is 6.30. The zero-order valence-electron chi connectivity index (χ0n) is 9.16. The van der Waals surface area contributed by atoms with E-state index >= 15 is 0 Å². The van der Waals surface area contributed by atoms with E-state index in [9.17, 15) is 0 Å².